The van der Waals surface area contributed by atoms with Crippen molar-refractivity contribution in [1.82, 2.24) is 9.61 Å². The van der Waals surface area contributed by atoms with E-state index in [9.17, 15) is 4.79 Å². The van der Waals surface area contributed by atoms with Crippen LogP contribution in [0.5, 0.6) is 5.75 Å². The number of nitrogens with zero attached hydrogens (tertiary/aromatic N) is 3. The Morgan fingerprint density at radius 2 is 2.12 bits per heavy atom. The Hall–Kier alpha value is -3.22. The first-order chi connectivity index (χ1) is 11.5. The van der Waals surface area contributed by atoms with Gasteiger partial charge in [-0.05, 0) is 23.8 Å². The molecule has 1 aliphatic rings. The molecule has 1 aromatic carbocycles. The topological polar surface area (TPSA) is 98.9 Å². The number of amides is 1. The largest absolute Gasteiger partial charge is 0.490 e. The van der Waals surface area contributed by atoms with Crippen molar-refractivity contribution in [2.75, 3.05) is 30.8 Å². The number of carbonyl (C=O) groups is 1. The number of aromatic nitrogens is 2. The van der Waals surface area contributed by atoms with Crippen molar-refractivity contribution in [3.8, 4) is 16.9 Å². The SMILES string of the molecule is CN1CCOc2cc(-c3cc4c(N)c(C(N)=O)cnn4c3)ccc21. The highest BCUT2D eigenvalue weighted by Crippen LogP contribution is 2.36. The van der Waals surface area contributed by atoms with Crippen LogP contribution in [0.4, 0.5) is 11.4 Å². The molecule has 0 bridgehead atoms. The molecule has 4 rings (SSSR count). The van der Waals surface area contributed by atoms with E-state index in [0.717, 1.165) is 29.1 Å². The number of primary amides is 1. The second-order valence-corrected chi connectivity index (χ2v) is 5.85. The molecule has 24 heavy (non-hydrogen) atoms. The maximum Gasteiger partial charge on any atom is 0.252 e. The summed E-state index contributed by atoms with van der Waals surface area (Å²) in [5, 5.41) is 4.21. The highest BCUT2D eigenvalue weighted by molar-refractivity contribution is 6.01. The lowest BCUT2D eigenvalue weighted by molar-refractivity contribution is 0.100. The normalized spacial score (nSPS) is 13.6. The zero-order valence-electron chi connectivity index (χ0n) is 13.2. The minimum absolute atomic E-state index is 0.225. The van der Waals surface area contributed by atoms with Crippen LogP contribution in [-0.4, -0.2) is 35.7 Å². The van der Waals surface area contributed by atoms with Crippen molar-refractivity contribution in [1.29, 1.82) is 0 Å². The van der Waals surface area contributed by atoms with E-state index in [4.69, 9.17) is 16.2 Å². The molecule has 1 aliphatic heterocycles. The van der Waals surface area contributed by atoms with Crippen molar-refractivity contribution >= 4 is 22.8 Å². The van der Waals surface area contributed by atoms with Crippen molar-refractivity contribution in [2.24, 2.45) is 5.73 Å². The number of nitrogen functional groups attached to an aromatic ring is 1. The van der Waals surface area contributed by atoms with Gasteiger partial charge in [-0.3, -0.25) is 4.79 Å². The number of benzene rings is 1. The molecule has 0 atom stereocenters. The van der Waals surface area contributed by atoms with Gasteiger partial charge in [-0.25, -0.2) is 4.52 Å². The molecular weight excluding hydrogens is 306 g/mol. The number of fused-ring (bicyclic) bond motifs is 2. The van der Waals surface area contributed by atoms with Gasteiger partial charge >= 0.3 is 0 Å². The van der Waals surface area contributed by atoms with E-state index in [-0.39, 0.29) is 5.56 Å². The number of ether oxygens (including phenoxy) is 1. The number of rotatable bonds is 2. The van der Waals surface area contributed by atoms with Gasteiger partial charge in [0.15, 0.2) is 0 Å². The number of hydrogen-bond acceptors (Lipinski definition) is 5. The second kappa shape index (κ2) is 5.16. The molecule has 2 aromatic heterocycles. The summed E-state index contributed by atoms with van der Waals surface area (Å²) < 4.78 is 7.40. The van der Waals surface area contributed by atoms with Crippen LogP contribution in [0.1, 0.15) is 10.4 Å². The lowest BCUT2D eigenvalue weighted by Gasteiger charge is -2.27. The van der Waals surface area contributed by atoms with E-state index in [1.807, 2.05) is 37.5 Å². The third kappa shape index (κ3) is 2.13. The van der Waals surface area contributed by atoms with Gasteiger partial charge in [-0.1, -0.05) is 6.07 Å². The number of nitrogens with two attached hydrogens (primary N) is 2. The van der Waals surface area contributed by atoms with E-state index in [1.165, 1.54) is 6.20 Å². The number of hydrogen-bond donors (Lipinski definition) is 2. The van der Waals surface area contributed by atoms with E-state index in [0.29, 0.717) is 17.8 Å². The smallest absolute Gasteiger partial charge is 0.252 e. The Morgan fingerprint density at radius 1 is 1.29 bits per heavy atom. The van der Waals surface area contributed by atoms with Crippen LogP contribution in [0.2, 0.25) is 0 Å². The molecule has 3 aromatic rings. The van der Waals surface area contributed by atoms with Crippen LogP contribution in [0.15, 0.2) is 36.7 Å². The number of anilines is 2. The van der Waals surface area contributed by atoms with Gasteiger partial charge in [0, 0.05) is 18.8 Å². The molecule has 122 valence electrons. The molecule has 0 saturated heterocycles. The average molecular weight is 323 g/mol. The van der Waals surface area contributed by atoms with Crippen molar-refractivity contribution in [3.63, 3.8) is 0 Å². The summed E-state index contributed by atoms with van der Waals surface area (Å²) in [4.78, 5) is 13.6. The molecule has 7 nitrogen and oxygen atoms in total. The molecule has 3 heterocycles. The van der Waals surface area contributed by atoms with Crippen LogP contribution >= 0.6 is 0 Å². The van der Waals surface area contributed by atoms with E-state index in [1.54, 1.807) is 4.52 Å². The summed E-state index contributed by atoms with van der Waals surface area (Å²) in [7, 11) is 2.05. The molecule has 1 amide bonds. The first-order valence-corrected chi connectivity index (χ1v) is 7.59. The van der Waals surface area contributed by atoms with Gasteiger partial charge in [0.05, 0.1) is 35.2 Å². The van der Waals surface area contributed by atoms with Crippen LogP contribution in [0.25, 0.3) is 16.6 Å². The maximum atomic E-state index is 11.4. The average Bonchev–Trinajstić information content (AvgIpc) is 3.00. The van der Waals surface area contributed by atoms with Crippen molar-refractivity contribution in [2.45, 2.75) is 0 Å². The predicted octanol–water partition coefficient (Wildman–Crippen LogP) is 1.51. The van der Waals surface area contributed by atoms with Crippen LogP contribution in [0.3, 0.4) is 0 Å². The van der Waals surface area contributed by atoms with Crippen molar-refractivity contribution < 1.29 is 9.53 Å². The molecular formula is C17H17N5O2. The third-order valence-electron chi connectivity index (χ3n) is 4.33. The first-order valence-electron chi connectivity index (χ1n) is 7.59. The van der Waals surface area contributed by atoms with Gasteiger partial charge in [-0.15, -0.1) is 0 Å². The molecule has 0 saturated carbocycles. The molecule has 4 N–H and O–H groups in total. The zero-order chi connectivity index (χ0) is 16.8. The van der Waals surface area contributed by atoms with Gasteiger partial charge in [-0.2, -0.15) is 5.10 Å². The van der Waals surface area contributed by atoms with Crippen molar-refractivity contribution in [3.05, 3.63) is 42.2 Å². The standard InChI is InChI=1S/C17H17N5O2/c1-21-4-5-24-15-7-10(2-3-13(15)21)11-6-14-16(18)12(17(19)23)8-20-22(14)9-11/h2-3,6-9H,4-5,18H2,1H3,(H2,19,23). The Balaban J connectivity index is 1.82. The molecule has 0 spiro atoms. The lowest BCUT2D eigenvalue weighted by atomic mass is 10.1. The minimum atomic E-state index is -0.588. The summed E-state index contributed by atoms with van der Waals surface area (Å²) in [6.45, 7) is 1.54. The minimum Gasteiger partial charge on any atom is -0.490 e. The monoisotopic (exact) mass is 323 g/mol. The van der Waals surface area contributed by atoms with Gasteiger partial charge < -0.3 is 21.1 Å². The Kier molecular flexibility index (Phi) is 3.09. The number of carbonyl (C=O) groups excluding carboxylic acids is 1. The van der Waals surface area contributed by atoms with E-state index in [2.05, 4.69) is 10.00 Å². The van der Waals surface area contributed by atoms with Gasteiger partial charge in [0.1, 0.15) is 12.4 Å². The summed E-state index contributed by atoms with van der Waals surface area (Å²) >= 11 is 0. The van der Waals surface area contributed by atoms with Crippen LogP contribution in [-0.2, 0) is 0 Å². The highest BCUT2D eigenvalue weighted by atomic mass is 16.5. The highest BCUT2D eigenvalue weighted by Gasteiger charge is 2.17. The lowest BCUT2D eigenvalue weighted by Crippen LogP contribution is -2.28. The summed E-state index contributed by atoms with van der Waals surface area (Å²) in [5.41, 5.74) is 15.6. The van der Waals surface area contributed by atoms with Gasteiger partial charge in [0.25, 0.3) is 5.91 Å². The Morgan fingerprint density at radius 3 is 2.92 bits per heavy atom. The molecule has 0 unspecified atom stereocenters. The molecule has 0 aliphatic carbocycles. The van der Waals surface area contributed by atoms with E-state index >= 15 is 0 Å². The Bertz CT molecular complexity index is 963. The maximum absolute atomic E-state index is 11.4. The summed E-state index contributed by atoms with van der Waals surface area (Å²) in [6.07, 6.45) is 3.25. The predicted molar refractivity (Wildman–Crippen MR) is 92.3 cm³/mol. The van der Waals surface area contributed by atoms with E-state index < -0.39 is 5.91 Å². The summed E-state index contributed by atoms with van der Waals surface area (Å²) in [6, 6.07) is 7.97. The zero-order valence-corrected chi connectivity index (χ0v) is 13.2. The third-order valence-corrected chi connectivity index (χ3v) is 4.33. The van der Waals surface area contributed by atoms with Crippen LogP contribution < -0.4 is 21.1 Å². The van der Waals surface area contributed by atoms with Crippen LogP contribution in [0, 0.1) is 0 Å². The fourth-order valence-electron chi connectivity index (χ4n) is 2.97. The number of likely N-dealkylation sites (N-methyl/N-ethyl adjacent to an activating group) is 1. The summed E-state index contributed by atoms with van der Waals surface area (Å²) in [5.74, 6) is 0.269. The first kappa shape index (κ1) is 14.4. The fraction of sp³-hybridized carbons (Fsp3) is 0.176. The Labute approximate surface area is 138 Å². The quantitative estimate of drug-likeness (QED) is 0.745. The molecule has 0 fully saturated rings. The fourth-order valence-corrected chi connectivity index (χ4v) is 2.97. The molecule has 7 heteroatoms. The second-order valence-electron chi connectivity index (χ2n) is 5.85. The van der Waals surface area contributed by atoms with Gasteiger partial charge in [0.2, 0.25) is 0 Å². The molecule has 0 radical (unpaired) electrons.